The number of fused-ring (bicyclic) bond motifs is 2. The van der Waals surface area contributed by atoms with Crippen LogP contribution in [0.4, 0.5) is 17.1 Å². The van der Waals surface area contributed by atoms with E-state index in [0.717, 1.165) is 11.3 Å². The maximum Gasteiger partial charge on any atom is 1.00 e. The Kier molecular flexibility index (Phi) is 6.75. The molecule has 3 aromatic rings. The van der Waals surface area contributed by atoms with Gasteiger partial charge in [0.25, 0.3) is 0 Å². The van der Waals surface area contributed by atoms with Gasteiger partial charge in [0.1, 0.15) is 0 Å². The van der Waals surface area contributed by atoms with Crippen LogP contribution in [0.25, 0.3) is 0 Å². The Morgan fingerprint density at radius 3 is 2.17 bits per heavy atom. The summed E-state index contributed by atoms with van der Waals surface area (Å²) in [5.74, 6) is -0.297. The molecule has 1 aliphatic rings. The fraction of sp³-hybridized carbons (Fsp3) is 0.130. The summed E-state index contributed by atoms with van der Waals surface area (Å²) in [6.07, 6.45) is 0. The first-order valence-electron chi connectivity index (χ1n) is 9.24. The van der Waals surface area contributed by atoms with Crippen LogP contribution in [-0.2, 0) is 0 Å². The number of rotatable bonds is 4. The van der Waals surface area contributed by atoms with Crippen molar-refractivity contribution in [2.24, 2.45) is 0 Å². The van der Waals surface area contributed by atoms with Crippen LogP contribution in [0, 0.1) is 0 Å². The topological polar surface area (TPSA) is 95.2 Å². The van der Waals surface area contributed by atoms with Crippen molar-refractivity contribution in [3.63, 3.8) is 0 Å². The van der Waals surface area contributed by atoms with Crippen molar-refractivity contribution in [3.05, 3.63) is 82.4 Å². The van der Waals surface area contributed by atoms with Gasteiger partial charge in [0, 0.05) is 21.7 Å². The third-order valence-corrected chi connectivity index (χ3v) is 5.64. The normalized spacial score (nSPS) is 12.3. The first-order valence-corrected chi connectivity index (χ1v) is 9.98. The molecule has 0 amide bonds. The molecule has 4 rings (SSSR count). The number of hydrogen-bond acceptors (Lipinski definition) is 6. The average Bonchev–Trinajstić information content (AvgIpc) is 2.73. The zero-order valence-corrected chi connectivity index (χ0v) is 19.8. The van der Waals surface area contributed by atoms with E-state index in [1.165, 1.54) is 0 Å². The molecule has 0 heterocycles. The van der Waals surface area contributed by atoms with Crippen molar-refractivity contribution in [1.82, 2.24) is 0 Å². The molecular formula is C23H19N2NaO3S. The maximum absolute atomic E-state index is 13.3. The first-order chi connectivity index (χ1) is 13.9. The fourth-order valence-corrected chi connectivity index (χ4v) is 3.95. The van der Waals surface area contributed by atoms with Gasteiger partial charge in [-0.3, -0.25) is 9.59 Å². The van der Waals surface area contributed by atoms with Crippen LogP contribution in [0.1, 0.15) is 57.2 Å². The van der Waals surface area contributed by atoms with Crippen LogP contribution >= 0.6 is 12.0 Å². The van der Waals surface area contributed by atoms with E-state index in [0.29, 0.717) is 22.7 Å². The van der Waals surface area contributed by atoms with Crippen LogP contribution in [0.15, 0.2) is 59.5 Å². The van der Waals surface area contributed by atoms with E-state index in [1.54, 1.807) is 30.3 Å². The Morgan fingerprint density at radius 1 is 0.933 bits per heavy atom. The standard InChI is InChI=1S/C23H20N2O3S.Na/c1-12(2)13-6-5-7-14(10-13)25-17-11-18(29-28)21(24)20-19(17)22(26)15-8-3-4-9-16(15)23(20)27;/h3-12,25,28H,24H2,1-2H3;/q;+1/p-1. The number of ketones is 2. The summed E-state index contributed by atoms with van der Waals surface area (Å²) >= 11 is 0.207. The van der Waals surface area contributed by atoms with Crippen molar-refractivity contribution in [2.75, 3.05) is 11.1 Å². The van der Waals surface area contributed by atoms with E-state index in [9.17, 15) is 14.1 Å². The van der Waals surface area contributed by atoms with E-state index < -0.39 is 0 Å². The van der Waals surface area contributed by atoms with Crippen molar-refractivity contribution < 1.29 is 43.7 Å². The molecule has 0 saturated heterocycles. The summed E-state index contributed by atoms with van der Waals surface area (Å²) in [6.45, 7) is 4.19. The zero-order valence-electron chi connectivity index (χ0n) is 17.0. The number of hydrogen-bond donors (Lipinski definition) is 2. The van der Waals surface area contributed by atoms with Crippen molar-refractivity contribution in [3.8, 4) is 0 Å². The SMILES string of the molecule is CC(C)c1cccc(Nc2cc(S[O-])c(N)c3c2C(=O)c2ccccc2C3=O)c1.[Na+]. The Morgan fingerprint density at radius 2 is 1.57 bits per heavy atom. The molecule has 0 aromatic heterocycles. The second kappa shape index (κ2) is 8.96. The molecule has 30 heavy (non-hydrogen) atoms. The number of carbonyl (C=O) groups excluding carboxylic acids is 2. The van der Waals surface area contributed by atoms with Crippen molar-refractivity contribution in [2.45, 2.75) is 24.7 Å². The summed E-state index contributed by atoms with van der Waals surface area (Å²) in [5, 5.41) is 3.23. The first kappa shape index (κ1) is 22.6. The third kappa shape index (κ3) is 3.82. The molecule has 0 saturated carbocycles. The van der Waals surface area contributed by atoms with Gasteiger partial charge in [0.15, 0.2) is 11.6 Å². The molecule has 0 atom stereocenters. The predicted octanol–water partition coefficient (Wildman–Crippen LogP) is 2.14. The van der Waals surface area contributed by atoms with Gasteiger partial charge >= 0.3 is 29.6 Å². The second-order valence-electron chi connectivity index (χ2n) is 7.28. The quantitative estimate of drug-likeness (QED) is 0.295. The summed E-state index contributed by atoms with van der Waals surface area (Å²) in [6, 6.07) is 16.0. The number of nitrogen functional groups attached to an aromatic ring is 1. The number of nitrogens with one attached hydrogen (secondary N) is 1. The largest absolute Gasteiger partial charge is 1.00 e. The van der Waals surface area contributed by atoms with Gasteiger partial charge in [0.05, 0.1) is 22.5 Å². The van der Waals surface area contributed by atoms with E-state index in [4.69, 9.17) is 5.73 Å². The van der Waals surface area contributed by atoms with Gasteiger partial charge < -0.3 is 15.6 Å². The van der Waals surface area contributed by atoms with Crippen molar-refractivity contribution in [1.29, 1.82) is 0 Å². The maximum atomic E-state index is 13.3. The number of anilines is 3. The molecule has 3 aromatic carbocycles. The van der Waals surface area contributed by atoms with E-state index in [2.05, 4.69) is 19.2 Å². The summed E-state index contributed by atoms with van der Waals surface area (Å²) in [5.41, 5.74) is 9.42. The molecule has 0 fully saturated rings. The Balaban J connectivity index is 0.00000256. The van der Waals surface area contributed by atoms with Gasteiger partial charge in [-0.25, -0.2) is 12.0 Å². The van der Waals surface area contributed by atoms with Gasteiger partial charge in [-0.15, -0.1) is 0 Å². The molecule has 146 valence electrons. The van der Waals surface area contributed by atoms with Crippen molar-refractivity contribution >= 4 is 40.7 Å². The van der Waals surface area contributed by atoms with Gasteiger partial charge in [0.2, 0.25) is 0 Å². The molecule has 0 unspecified atom stereocenters. The van der Waals surface area contributed by atoms with E-state index in [1.807, 2.05) is 24.3 Å². The molecule has 0 spiro atoms. The second-order valence-corrected chi connectivity index (χ2v) is 7.88. The van der Waals surface area contributed by atoms with Crippen LogP contribution < -0.4 is 40.6 Å². The molecule has 0 radical (unpaired) electrons. The van der Waals surface area contributed by atoms with E-state index >= 15 is 0 Å². The number of nitrogens with two attached hydrogens (primary N) is 1. The van der Waals surface area contributed by atoms with E-state index in [-0.39, 0.29) is 74.9 Å². The van der Waals surface area contributed by atoms with Gasteiger partial charge in [-0.05, 0) is 29.7 Å². The molecule has 0 aliphatic heterocycles. The third-order valence-electron chi connectivity index (χ3n) is 5.12. The predicted molar refractivity (Wildman–Crippen MR) is 115 cm³/mol. The fourth-order valence-electron chi connectivity index (χ4n) is 3.59. The van der Waals surface area contributed by atoms with Crippen LogP contribution in [0.2, 0.25) is 0 Å². The van der Waals surface area contributed by atoms with Crippen LogP contribution in [0.5, 0.6) is 0 Å². The Hall–Kier alpha value is -2.09. The minimum atomic E-state index is -0.345. The Labute approximate surface area is 201 Å². The zero-order chi connectivity index (χ0) is 20.7. The van der Waals surface area contributed by atoms with Crippen LogP contribution in [-0.4, -0.2) is 16.1 Å². The molecule has 3 N–H and O–H groups in total. The van der Waals surface area contributed by atoms with Gasteiger partial charge in [-0.2, -0.15) is 0 Å². The molecule has 7 heteroatoms. The number of carbonyl (C=O) groups is 2. The Bertz CT molecular complexity index is 1160. The van der Waals surface area contributed by atoms with Gasteiger partial charge in [-0.1, -0.05) is 50.2 Å². The minimum Gasteiger partial charge on any atom is -0.795 e. The smallest absolute Gasteiger partial charge is 0.795 e. The van der Waals surface area contributed by atoms with Crippen LogP contribution in [0.3, 0.4) is 0 Å². The molecule has 5 nitrogen and oxygen atoms in total. The molecule has 0 bridgehead atoms. The summed E-state index contributed by atoms with van der Waals surface area (Å²) in [4.78, 5) is 26.6. The monoisotopic (exact) mass is 426 g/mol. The summed E-state index contributed by atoms with van der Waals surface area (Å²) < 4.78 is 11.6. The molecule has 1 aliphatic carbocycles. The summed E-state index contributed by atoms with van der Waals surface area (Å²) in [7, 11) is 0. The average molecular weight is 426 g/mol. The number of benzene rings is 3. The minimum absolute atomic E-state index is 0. The molecular weight excluding hydrogens is 407 g/mol.